The number of hydrogen-bond acceptors (Lipinski definition) is 6. The first-order valence-corrected chi connectivity index (χ1v) is 7.34. The molecule has 0 aliphatic carbocycles. The molecular weight excluding hydrogens is 296 g/mol. The van der Waals surface area contributed by atoms with Crippen molar-refractivity contribution in [1.82, 2.24) is 29.8 Å². The lowest BCUT2D eigenvalue weighted by Crippen LogP contribution is -2.20. The summed E-state index contributed by atoms with van der Waals surface area (Å²) < 4.78 is 1.56. The summed E-state index contributed by atoms with van der Waals surface area (Å²) >= 11 is 0. The van der Waals surface area contributed by atoms with E-state index in [1.165, 1.54) is 0 Å². The van der Waals surface area contributed by atoms with Gasteiger partial charge < -0.3 is 5.11 Å². The first-order chi connectivity index (χ1) is 11.1. The number of rotatable bonds is 5. The molecule has 0 aliphatic heterocycles. The maximum atomic E-state index is 11.3. The lowest BCUT2D eigenvalue weighted by Gasteiger charge is -2.18. The number of carboxylic acids is 1. The molecule has 8 nitrogen and oxygen atoms in total. The monoisotopic (exact) mass is 312 g/mol. The van der Waals surface area contributed by atoms with E-state index in [1.54, 1.807) is 42.0 Å². The fraction of sp³-hybridized carbons (Fsp3) is 0.333. The van der Waals surface area contributed by atoms with Crippen LogP contribution < -0.4 is 0 Å². The number of aliphatic carboxylic acids is 1. The summed E-state index contributed by atoms with van der Waals surface area (Å²) in [4.78, 5) is 19.6. The van der Waals surface area contributed by atoms with Crippen LogP contribution in [0.25, 0.3) is 17.3 Å². The molecule has 3 heterocycles. The molecular formula is C15H16N6O2. The molecule has 3 aromatic rings. The van der Waals surface area contributed by atoms with Crippen molar-refractivity contribution in [1.29, 1.82) is 0 Å². The average Bonchev–Trinajstić information content (AvgIpc) is 2.99. The van der Waals surface area contributed by atoms with Gasteiger partial charge >= 0.3 is 5.97 Å². The maximum absolute atomic E-state index is 11.3. The van der Waals surface area contributed by atoms with Crippen molar-refractivity contribution in [2.75, 3.05) is 0 Å². The molecule has 3 rings (SSSR count). The van der Waals surface area contributed by atoms with E-state index in [1.807, 2.05) is 6.92 Å². The van der Waals surface area contributed by atoms with Crippen LogP contribution in [0.1, 0.15) is 31.9 Å². The number of nitrogens with zero attached hydrogens (tertiary/aromatic N) is 6. The second-order valence-electron chi connectivity index (χ2n) is 5.27. The van der Waals surface area contributed by atoms with Gasteiger partial charge in [-0.1, -0.05) is 13.8 Å². The molecule has 0 radical (unpaired) electrons. The molecule has 23 heavy (non-hydrogen) atoms. The molecule has 0 saturated heterocycles. The Hall–Kier alpha value is -2.90. The van der Waals surface area contributed by atoms with E-state index in [2.05, 4.69) is 25.3 Å². The van der Waals surface area contributed by atoms with Crippen LogP contribution in [0.15, 0.2) is 30.6 Å². The lowest BCUT2D eigenvalue weighted by atomic mass is 9.88. The predicted octanol–water partition coefficient (Wildman–Crippen LogP) is 1.80. The van der Waals surface area contributed by atoms with Gasteiger partial charge in [0.25, 0.3) is 0 Å². The first kappa shape index (κ1) is 15.0. The van der Waals surface area contributed by atoms with Crippen molar-refractivity contribution in [3.8, 4) is 11.6 Å². The quantitative estimate of drug-likeness (QED) is 0.765. The highest BCUT2D eigenvalue weighted by molar-refractivity contribution is 5.70. The van der Waals surface area contributed by atoms with Gasteiger partial charge in [0, 0.05) is 18.3 Å². The molecule has 0 spiro atoms. The fourth-order valence-electron chi connectivity index (χ4n) is 2.55. The third kappa shape index (κ3) is 2.75. The van der Waals surface area contributed by atoms with Gasteiger partial charge in [-0.25, -0.2) is 9.97 Å². The van der Waals surface area contributed by atoms with E-state index in [-0.39, 0.29) is 5.92 Å². The average molecular weight is 312 g/mol. The summed E-state index contributed by atoms with van der Waals surface area (Å²) in [5.74, 6) is -0.708. The van der Waals surface area contributed by atoms with Gasteiger partial charge in [-0.15, -0.1) is 10.2 Å². The van der Waals surface area contributed by atoms with E-state index < -0.39 is 11.9 Å². The lowest BCUT2D eigenvalue weighted by molar-refractivity contribution is -0.142. The second kappa shape index (κ2) is 6.07. The van der Waals surface area contributed by atoms with Gasteiger partial charge in [0.1, 0.15) is 0 Å². The zero-order chi connectivity index (χ0) is 16.4. The first-order valence-electron chi connectivity index (χ1n) is 7.34. The minimum absolute atomic E-state index is 0.191. The third-order valence-electron chi connectivity index (χ3n) is 3.86. The van der Waals surface area contributed by atoms with E-state index in [0.29, 0.717) is 29.4 Å². The number of carbonyl (C=O) groups is 1. The normalized spacial score (nSPS) is 13.8. The van der Waals surface area contributed by atoms with Crippen molar-refractivity contribution >= 4 is 11.6 Å². The zero-order valence-corrected chi connectivity index (χ0v) is 12.8. The van der Waals surface area contributed by atoms with E-state index >= 15 is 0 Å². The minimum atomic E-state index is -0.839. The van der Waals surface area contributed by atoms with Gasteiger partial charge in [-0.2, -0.15) is 9.61 Å². The molecule has 118 valence electrons. The molecule has 0 saturated carbocycles. The Morgan fingerprint density at radius 2 is 2.00 bits per heavy atom. The molecule has 3 aromatic heterocycles. The maximum Gasteiger partial charge on any atom is 0.306 e. The van der Waals surface area contributed by atoms with Gasteiger partial charge in [-0.05, 0) is 24.6 Å². The summed E-state index contributed by atoms with van der Waals surface area (Å²) in [6, 6.07) is 5.29. The van der Waals surface area contributed by atoms with Crippen LogP contribution in [0.5, 0.6) is 0 Å². The zero-order valence-electron chi connectivity index (χ0n) is 12.8. The highest BCUT2D eigenvalue weighted by atomic mass is 16.4. The summed E-state index contributed by atoms with van der Waals surface area (Å²) in [5, 5.41) is 21.9. The highest BCUT2D eigenvalue weighted by Gasteiger charge is 2.25. The smallest absolute Gasteiger partial charge is 0.306 e. The van der Waals surface area contributed by atoms with Gasteiger partial charge in [0.2, 0.25) is 5.82 Å². The van der Waals surface area contributed by atoms with E-state index in [0.717, 1.165) is 0 Å². The molecule has 2 unspecified atom stereocenters. The van der Waals surface area contributed by atoms with Gasteiger partial charge in [0.15, 0.2) is 11.5 Å². The van der Waals surface area contributed by atoms with E-state index in [4.69, 9.17) is 0 Å². The summed E-state index contributed by atoms with van der Waals surface area (Å²) in [6.45, 7) is 3.64. The highest BCUT2D eigenvalue weighted by Crippen LogP contribution is 2.27. The van der Waals surface area contributed by atoms with Crippen LogP contribution in [0.3, 0.4) is 0 Å². The van der Waals surface area contributed by atoms with Crippen LogP contribution in [-0.2, 0) is 4.79 Å². The third-order valence-corrected chi connectivity index (χ3v) is 3.86. The van der Waals surface area contributed by atoms with Crippen LogP contribution in [0, 0.1) is 5.92 Å². The Morgan fingerprint density at radius 1 is 1.26 bits per heavy atom. The predicted molar refractivity (Wildman–Crippen MR) is 81.6 cm³/mol. The second-order valence-corrected chi connectivity index (χ2v) is 5.27. The standard InChI is InChI=1S/C15H16N6O2/c1-3-10(9(2)15(22)23)11-5-6-12-18-19-14(21(12)20-11)13-16-7-4-8-17-13/h4-10H,3H2,1-2H3,(H,22,23). The van der Waals surface area contributed by atoms with Crippen LogP contribution in [0.4, 0.5) is 0 Å². The number of fused-ring (bicyclic) bond motifs is 1. The van der Waals surface area contributed by atoms with Crippen LogP contribution in [-0.4, -0.2) is 40.9 Å². The van der Waals surface area contributed by atoms with Crippen molar-refractivity contribution in [2.45, 2.75) is 26.2 Å². The number of carboxylic acid groups (broad SMARTS) is 1. The van der Waals surface area contributed by atoms with Crippen molar-refractivity contribution in [3.05, 3.63) is 36.3 Å². The molecule has 0 amide bonds. The Labute approximate surface area is 132 Å². The van der Waals surface area contributed by atoms with E-state index in [9.17, 15) is 9.90 Å². The summed E-state index contributed by atoms with van der Waals surface area (Å²) in [5.41, 5.74) is 1.25. The topological polar surface area (TPSA) is 106 Å². The summed E-state index contributed by atoms with van der Waals surface area (Å²) in [7, 11) is 0. The summed E-state index contributed by atoms with van der Waals surface area (Å²) in [6.07, 6.45) is 3.91. The van der Waals surface area contributed by atoms with Crippen molar-refractivity contribution in [3.63, 3.8) is 0 Å². The molecule has 2 atom stereocenters. The number of hydrogen-bond donors (Lipinski definition) is 1. The Balaban J connectivity index is 2.09. The molecule has 1 N–H and O–H groups in total. The molecule has 8 heteroatoms. The van der Waals surface area contributed by atoms with Crippen molar-refractivity contribution in [2.24, 2.45) is 5.92 Å². The van der Waals surface area contributed by atoms with Crippen LogP contribution >= 0.6 is 0 Å². The Bertz CT molecular complexity index is 832. The molecule has 0 bridgehead atoms. The fourth-order valence-corrected chi connectivity index (χ4v) is 2.55. The van der Waals surface area contributed by atoms with Crippen LogP contribution in [0.2, 0.25) is 0 Å². The van der Waals surface area contributed by atoms with Gasteiger partial charge in [-0.3, -0.25) is 4.79 Å². The largest absolute Gasteiger partial charge is 0.481 e. The number of aromatic nitrogens is 6. The van der Waals surface area contributed by atoms with Gasteiger partial charge in [0.05, 0.1) is 11.6 Å². The molecule has 0 fully saturated rings. The minimum Gasteiger partial charge on any atom is -0.481 e. The Kier molecular flexibility index (Phi) is 3.96. The van der Waals surface area contributed by atoms with Crippen molar-refractivity contribution < 1.29 is 9.90 Å². The molecule has 0 aliphatic rings. The Morgan fingerprint density at radius 3 is 2.65 bits per heavy atom. The SMILES string of the molecule is CCC(c1ccc2nnc(-c3ncccn3)n2n1)C(C)C(=O)O. The molecule has 0 aromatic carbocycles.